The van der Waals surface area contributed by atoms with E-state index in [1.165, 1.54) is 30.9 Å². The lowest BCUT2D eigenvalue weighted by molar-refractivity contribution is 0.479. The van der Waals surface area contributed by atoms with Crippen LogP contribution >= 0.6 is 11.8 Å². The SMILES string of the molecule is CCCC1CSCC(C)CN1. The molecule has 1 nitrogen and oxygen atoms in total. The minimum absolute atomic E-state index is 0.787. The van der Waals surface area contributed by atoms with E-state index in [1.54, 1.807) is 0 Å². The summed E-state index contributed by atoms with van der Waals surface area (Å²) in [6.07, 6.45) is 2.66. The van der Waals surface area contributed by atoms with Crippen molar-refractivity contribution in [2.45, 2.75) is 32.7 Å². The maximum atomic E-state index is 3.61. The second kappa shape index (κ2) is 5.04. The molecule has 1 aliphatic rings. The van der Waals surface area contributed by atoms with Gasteiger partial charge in [-0.25, -0.2) is 0 Å². The molecule has 0 saturated carbocycles. The molecule has 11 heavy (non-hydrogen) atoms. The van der Waals surface area contributed by atoms with Crippen molar-refractivity contribution >= 4 is 11.8 Å². The lowest BCUT2D eigenvalue weighted by atomic mass is 10.1. The number of rotatable bonds is 2. The standard InChI is InChI=1S/C9H19NS/c1-3-4-9-7-11-6-8(2)5-10-9/h8-10H,3-7H2,1-2H3. The molecule has 2 unspecified atom stereocenters. The highest BCUT2D eigenvalue weighted by atomic mass is 32.2. The summed E-state index contributed by atoms with van der Waals surface area (Å²) in [5.74, 6) is 3.52. The summed E-state index contributed by atoms with van der Waals surface area (Å²) >= 11 is 2.11. The Morgan fingerprint density at radius 1 is 1.45 bits per heavy atom. The van der Waals surface area contributed by atoms with Gasteiger partial charge in [-0.3, -0.25) is 0 Å². The Morgan fingerprint density at radius 2 is 2.27 bits per heavy atom. The minimum Gasteiger partial charge on any atom is -0.313 e. The monoisotopic (exact) mass is 173 g/mol. The average molecular weight is 173 g/mol. The summed E-state index contributed by atoms with van der Waals surface area (Å²) in [6, 6.07) is 0.787. The second-order valence-corrected chi connectivity index (χ2v) is 4.61. The van der Waals surface area contributed by atoms with Gasteiger partial charge in [0, 0.05) is 11.8 Å². The fraction of sp³-hybridized carbons (Fsp3) is 1.00. The molecule has 0 spiro atoms. The van der Waals surface area contributed by atoms with Crippen LogP contribution in [0.3, 0.4) is 0 Å². The normalized spacial score (nSPS) is 33.3. The third-order valence-corrected chi connectivity index (χ3v) is 3.56. The third-order valence-electron chi connectivity index (χ3n) is 2.11. The smallest absolute Gasteiger partial charge is 0.0158 e. The first-order chi connectivity index (χ1) is 5.33. The Hall–Kier alpha value is 0.310. The summed E-state index contributed by atoms with van der Waals surface area (Å²) < 4.78 is 0. The maximum Gasteiger partial charge on any atom is 0.0158 e. The largest absolute Gasteiger partial charge is 0.313 e. The molecule has 0 bridgehead atoms. The van der Waals surface area contributed by atoms with E-state index < -0.39 is 0 Å². The molecule has 1 saturated heterocycles. The van der Waals surface area contributed by atoms with Gasteiger partial charge in [-0.2, -0.15) is 11.8 Å². The molecular formula is C9H19NS. The molecule has 0 aromatic rings. The molecule has 0 aliphatic carbocycles. The van der Waals surface area contributed by atoms with E-state index in [9.17, 15) is 0 Å². The molecule has 1 rings (SSSR count). The molecule has 1 heterocycles. The van der Waals surface area contributed by atoms with E-state index in [0.29, 0.717) is 0 Å². The van der Waals surface area contributed by atoms with Crippen LogP contribution in [0.2, 0.25) is 0 Å². The molecule has 2 atom stereocenters. The fourth-order valence-corrected chi connectivity index (χ4v) is 2.66. The quantitative estimate of drug-likeness (QED) is 0.686. The van der Waals surface area contributed by atoms with Crippen molar-refractivity contribution in [1.82, 2.24) is 5.32 Å². The van der Waals surface area contributed by atoms with Crippen LogP contribution in [0.5, 0.6) is 0 Å². The zero-order valence-corrected chi connectivity index (χ0v) is 8.41. The van der Waals surface area contributed by atoms with Gasteiger partial charge in [0.05, 0.1) is 0 Å². The lowest BCUT2D eigenvalue weighted by Gasteiger charge is -2.13. The average Bonchev–Trinajstić information content (AvgIpc) is 2.17. The van der Waals surface area contributed by atoms with Crippen molar-refractivity contribution in [3.8, 4) is 0 Å². The van der Waals surface area contributed by atoms with E-state index >= 15 is 0 Å². The molecule has 0 aromatic heterocycles. The van der Waals surface area contributed by atoms with Gasteiger partial charge in [0.25, 0.3) is 0 Å². The van der Waals surface area contributed by atoms with Gasteiger partial charge in [0.2, 0.25) is 0 Å². The van der Waals surface area contributed by atoms with Crippen LogP contribution < -0.4 is 5.32 Å². The Bertz CT molecular complexity index is 106. The van der Waals surface area contributed by atoms with Crippen molar-refractivity contribution in [3.05, 3.63) is 0 Å². The fourth-order valence-electron chi connectivity index (χ4n) is 1.43. The first-order valence-corrected chi connectivity index (χ1v) is 5.79. The molecule has 1 N–H and O–H groups in total. The predicted octanol–water partition coefficient (Wildman–Crippen LogP) is 2.13. The minimum atomic E-state index is 0.787. The second-order valence-electron chi connectivity index (χ2n) is 3.54. The molecule has 1 fully saturated rings. The first kappa shape index (κ1) is 9.40. The number of nitrogens with one attached hydrogen (secondary N) is 1. The Balaban J connectivity index is 2.22. The predicted molar refractivity (Wildman–Crippen MR) is 53.2 cm³/mol. The lowest BCUT2D eigenvalue weighted by Crippen LogP contribution is -2.32. The molecule has 0 amide bonds. The van der Waals surface area contributed by atoms with Crippen molar-refractivity contribution in [2.75, 3.05) is 18.1 Å². The third kappa shape index (κ3) is 3.48. The van der Waals surface area contributed by atoms with E-state index in [0.717, 1.165) is 12.0 Å². The van der Waals surface area contributed by atoms with Crippen LogP contribution in [0.15, 0.2) is 0 Å². The Morgan fingerprint density at radius 3 is 3.00 bits per heavy atom. The van der Waals surface area contributed by atoms with Crippen molar-refractivity contribution in [3.63, 3.8) is 0 Å². The van der Waals surface area contributed by atoms with Gasteiger partial charge in [-0.05, 0) is 24.6 Å². The van der Waals surface area contributed by atoms with Crippen molar-refractivity contribution in [2.24, 2.45) is 5.92 Å². The molecule has 2 heteroatoms. The van der Waals surface area contributed by atoms with Crippen LogP contribution in [0, 0.1) is 5.92 Å². The maximum absolute atomic E-state index is 3.61. The number of hydrogen-bond donors (Lipinski definition) is 1. The Labute approximate surface area is 74.3 Å². The van der Waals surface area contributed by atoms with Crippen molar-refractivity contribution < 1.29 is 0 Å². The van der Waals surface area contributed by atoms with E-state index in [-0.39, 0.29) is 0 Å². The van der Waals surface area contributed by atoms with E-state index in [4.69, 9.17) is 0 Å². The summed E-state index contributed by atoms with van der Waals surface area (Å²) in [5, 5.41) is 3.61. The van der Waals surface area contributed by atoms with Crippen LogP contribution in [-0.4, -0.2) is 24.1 Å². The Kier molecular flexibility index (Phi) is 4.31. The highest BCUT2D eigenvalue weighted by molar-refractivity contribution is 7.99. The molecule has 66 valence electrons. The number of hydrogen-bond acceptors (Lipinski definition) is 2. The summed E-state index contributed by atoms with van der Waals surface area (Å²) in [6.45, 7) is 5.81. The van der Waals surface area contributed by atoms with Crippen molar-refractivity contribution in [1.29, 1.82) is 0 Å². The van der Waals surface area contributed by atoms with Crippen LogP contribution in [0.25, 0.3) is 0 Å². The molecular weight excluding hydrogens is 154 g/mol. The zero-order chi connectivity index (χ0) is 8.10. The number of thioether (sulfide) groups is 1. The van der Waals surface area contributed by atoms with Crippen LogP contribution in [0.1, 0.15) is 26.7 Å². The zero-order valence-electron chi connectivity index (χ0n) is 7.60. The van der Waals surface area contributed by atoms with E-state index in [1.807, 2.05) is 0 Å². The van der Waals surface area contributed by atoms with Crippen LogP contribution in [-0.2, 0) is 0 Å². The molecule has 1 aliphatic heterocycles. The van der Waals surface area contributed by atoms with Gasteiger partial charge in [0.1, 0.15) is 0 Å². The molecule has 0 aromatic carbocycles. The first-order valence-electron chi connectivity index (χ1n) is 4.64. The highest BCUT2D eigenvalue weighted by Crippen LogP contribution is 2.15. The summed E-state index contributed by atoms with van der Waals surface area (Å²) in [4.78, 5) is 0. The van der Waals surface area contributed by atoms with Gasteiger partial charge in [-0.1, -0.05) is 20.3 Å². The summed E-state index contributed by atoms with van der Waals surface area (Å²) in [5.41, 5.74) is 0. The van der Waals surface area contributed by atoms with Gasteiger partial charge in [0.15, 0.2) is 0 Å². The van der Waals surface area contributed by atoms with Gasteiger partial charge >= 0.3 is 0 Å². The molecule has 0 radical (unpaired) electrons. The van der Waals surface area contributed by atoms with Gasteiger partial charge in [-0.15, -0.1) is 0 Å². The topological polar surface area (TPSA) is 12.0 Å². The highest BCUT2D eigenvalue weighted by Gasteiger charge is 2.13. The summed E-state index contributed by atoms with van der Waals surface area (Å²) in [7, 11) is 0. The van der Waals surface area contributed by atoms with E-state index in [2.05, 4.69) is 30.9 Å². The van der Waals surface area contributed by atoms with Crippen LogP contribution in [0.4, 0.5) is 0 Å². The van der Waals surface area contributed by atoms with Gasteiger partial charge < -0.3 is 5.32 Å².